The molecule has 2 saturated heterocycles. The van der Waals surface area contributed by atoms with Crippen LogP contribution in [0.15, 0.2) is 30.5 Å². The molecule has 2 aliphatic rings. The molecule has 5 rings (SSSR count). The lowest BCUT2D eigenvalue weighted by atomic mass is 9.98. The quantitative estimate of drug-likeness (QED) is 0.651. The number of fused-ring (bicyclic) bond motifs is 1. The number of halogens is 1. The number of aromatic nitrogens is 3. The number of anilines is 1. The second kappa shape index (κ2) is 8.37. The molecule has 0 radical (unpaired) electrons. The van der Waals surface area contributed by atoms with E-state index in [0.717, 1.165) is 67.1 Å². The zero-order chi connectivity index (χ0) is 22.4. The van der Waals surface area contributed by atoms with Crippen LogP contribution in [-0.4, -0.2) is 51.1 Å². The van der Waals surface area contributed by atoms with Crippen LogP contribution in [0.2, 0.25) is 5.02 Å². The second-order valence-corrected chi connectivity index (χ2v) is 9.44. The molecule has 7 nitrogen and oxygen atoms in total. The fourth-order valence-corrected chi connectivity index (χ4v) is 5.14. The van der Waals surface area contributed by atoms with E-state index in [1.165, 1.54) is 0 Å². The van der Waals surface area contributed by atoms with E-state index in [-0.39, 0.29) is 18.0 Å². The van der Waals surface area contributed by atoms with E-state index >= 15 is 0 Å². The van der Waals surface area contributed by atoms with Crippen molar-refractivity contribution in [2.24, 2.45) is 5.73 Å². The molecule has 4 heterocycles. The van der Waals surface area contributed by atoms with Crippen LogP contribution in [0.3, 0.4) is 0 Å². The minimum Gasteiger partial charge on any atom is -0.355 e. The maximum atomic E-state index is 13.5. The monoisotopic (exact) mass is 452 g/mol. The maximum Gasteiger partial charge on any atom is 0.255 e. The maximum absolute atomic E-state index is 13.5. The topological polar surface area (TPSA) is 79.8 Å². The number of hydrogen-bond acceptors (Lipinski definition) is 5. The van der Waals surface area contributed by atoms with Gasteiger partial charge < -0.3 is 15.5 Å². The highest BCUT2D eigenvalue weighted by atomic mass is 35.5. The highest BCUT2D eigenvalue weighted by molar-refractivity contribution is 6.34. The van der Waals surface area contributed by atoms with Gasteiger partial charge in [0.25, 0.3) is 5.91 Å². The molecule has 3 aromatic rings. The predicted molar refractivity (Wildman–Crippen MR) is 126 cm³/mol. The first-order chi connectivity index (χ1) is 15.4. The lowest BCUT2D eigenvalue weighted by Gasteiger charge is -2.35. The van der Waals surface area contributed by atoms with Gasteiger partial charge >= 0.3 is 0 Å². The number of amides is 1. The number of hydrogen-bond donors (Lipinski definition) is 1. The Kier molecular flexibility index (Phi) is 5.55. The van der Waals surface area contributed by atoms with Crippen LogP contribution in [0.5, 0.6) is 0 Å². The molecule has 8 heteroatoms. The van der Waals surface area contributed by atoms with E-state index < -0.39 is 0 Å². The average molecular weight is 453 g/mol. The predicted octanol–water partition coefficient (Wildman–Crippen LogP) is 3.90. The molecule has 2 aliphatic heterocycles. The zero-order valence-electron chi connectivity index (χ0n) is 18.6. The minimum atomic E-state index is -0.0847. The van der Waals surface area contributed by atoms with Gasteiger partial charge in [0.1, 0.15) is 5.82 Å². The molecular formula is C24H29ClN6O. The molecule has 2 fully saturated rings. The van der Waals surface area contributed by atoms with Crippen molar-refractivity contribution in [3.05, 3.63) is 57.9 Å². The zero-order valence-corrected chi connectivity index (χ0v) is 19.3. The van der Waals surface area contributed by atoms with Crippen molar-refractivity contribution in [3.8, 4) is 0 Å². The summed E-state index contributed by atoms with van der Waals surface area (Å²) in [5, 5.41) is 5.36. The van der Waals surface area contributed by atoms with Gasteiger partial charge in [0.15, 0.2) is 5.65 Å². The van der Waals surface area contributed by atoms with E-state index in [1.54, 1.807) is 0 Å². The lowest BCUT2D eigenvalue weighted by molar-refractivity contribution is 0.0606. The smallest absolute Gasteiger partial charge is 0.255 e. The van der Waals surface area contributed by atoms with Gasteiger partial charge in [0.2, 0.25) is 0 Å². The highest BCUT2D eigenvalue weighted by Gasteiger charge is 2.32. The molecule has 2 atom stereocenters. The molecule has 2 aromatic heterocycles. The molecule has 0 unspecified atom stereocenters. The van der Waals surface area contributed by atoms with Crippen LogP contribution in [0.1, 0.15) is 58.9 Å². The molecule has 0 saturated carbocycles. The van der Waals surface area contributed by atoms with Crippen molar-refractivity contribution in [2.45, 2.75) is 51.6 Å². The third kappa shape index (κ3) is 3.73. The van der Waals surface area contributed by atoms with Crippen molar-refractivity contribution in [1.82, 2.24) is 19.5 Å². The van der Waals surface area contributed by atoms with E-state index in [0.29, 0.717) is 17.1 Å². The Morgan fingerprint density at radius 1 is 1.16 bits per heavy atom. The van der Waals surface area contributed by atoms with Crippen LogP contribution in [0, 0.1) is 13.8 Å². The summed E-state index contributed by atoms with van der Waals surface area (Å²) in [4.78, 5) is 22.5. The fraction of sp³-hybridized carbons (Fsp3) is 0.458. The van der Waals surface area contributed by atoms with Gasteiger partial charge in [-0.05, 0) is 51.2 Å². The lowest BCUT2D eigenvalue weighted by Crippen LogP contribution is -2.38. The summed E-state index contributed by atoms with van der Waals surface area (Å²) in [6, 6.07) is 7.75. The van der Waals surface area contributed by atoms with Gasteiger partial charge in [-0.15, -0.1) is 0 Å². The number of nitrogens with zero attached hydrogens (tertiary/aromatic N) is 5. The van der Waals surface area contributed by atoms with E-state index in [4.69, 9.17) is 27.4 Å². The number of carbonyl (C=O) groups is 1. The Labute approximate surface area is 193 Å². The molecule has 1 amide bonds. The van der Waals surface area contributed by atoms with Crippen molar-refractivity contribution in [2.75, 3.05) is 24.5 Å². The van der Waals surface area contributed by atoms with Gasteiger partial charge in [-0.1, -0.05) is 23.7 Å². The van der Waals surface area contributed by atoms with E-state index in [2.05, 4.69) is 11.8 Å². The Morgan fingerprint density at radius 2 is 2.00 bits per heavy atom. The fourth-order valence-electron chi connectivity index (χ4n) is 4.93. The van der Waals surface area contributed by atoms with Crippen LogP contribution in [0.4, 0.5) is 5.82 Å². The van der Waals surface area contributed by atoms with Gasteiger partial charge in [0, 0.05) is 43.5 Å². The molecule has 32 heavy (non-hydrogen) atoms. The summed E-state index contributed by atoms with van der Waals surface area (Å²) in [5.41, 5.74) is 10.3. The number of rotatable bonds is 3. The standard InChI is InChI=1S/C24H29ClN6O/c1-15-6-5-7-18(22(15)25)24(32)30-10-4-3-8-20(30)19-12-21-27-23(16(2)13-31(21)28-19)29-11-9-17(26)14-29/h5-7,12-13,17,20H,3-4,8-11,14,26H2,1-2H3/t17-,20-/m0/s1. The van der Waals surface area contributed by atoms with Crippen LogP contribution < -0.4 is 10.6 Å². The summed E-state index contributed by atoms with van der Waals surface area (Å²) >= 11 is 6.48. The Balaban J connectivity index is 1.48. The Morgan fingerprint density at radius 3 is 2.78 bits per heavy atom. The highest BCUT2D eigenvalue weighted by Crippen LogP contribution is 2.34. The second-order valence-electron chi connectivity index (χ2n) is 9.06. The van der Waals surface area contributed by atoms with E-state index in [9.17, 15) is 4.79 Å². The number of likely N-dealkylation sites (tertiary alicyclic amines) is 1. The van der Waals surface area contributed by atoms with Crippen LogP contribution in [-0.2, 0) is 0 Å². The first kappa shape index (κ1) is 21.2. The summed E-state index contributed by atoms with van der Waals surface area (Å²) in [5.74, 6) is 0.941. The van der Waals surface area contributed by atoms with Crippen molar-refractivity contribution in [1.29, 1.82) is 0 Å². The van der Waals surface area contributed by atoms with Gasteiger partial charge in [0.05, 0.1) is 22.3 Å². The normalized spacial score (nSPS) is 21.5. The SMILES string of the molecule is Cc1cn2nc([C@@H]3CCCCN3C(=O)c3cccc(C)c3Cl)cc2nc1N1CC[C@H](N)C1. The number of piperidine rings is 1. The number of carbonyl (C=O) groups excluding carboxylic acids is 1. The van der Waals surface area contributed by atoms with Gasteiger partial charge in [-0.3, -0.25) is 4.79 Å². The number of nitrogens with two attached hydrogens (primary N) is 1. The summed E-state index contributed by atoms with van der Waals surface area (Å²) in [6.07, 6.45) is 5.93. The average Bonchev–Trinajstić information content (AvgIpc) is 3.40. The van der Waals surface area contributed by atoms with Crippen molar-refractivity contribution < 1.29 is 4.79 Å². The van der Waals surface area contributed by atoms with Gasteiger partial charge in [-0.25, -0.2) is 9.50 Å². The van der Waals surface area contributed by atoms with Crippen LogP contribution >= 0.6 is 11.6 Å². The van der Waals surface area contributed by atoms with Gasteiger partial charge in [-0.2, -0.15) is 5.10 Å². The Bertz CT molecular complexity index is 1170. The summed E-state index contributed by atoms with van der Waals surface area (Å²) < 4.78 is 1.83. The molecule has 0 aliphatic carbocycles. The summed E-state index contributed by atoms with van der Waals surface area (Å²) in [7, 11) is 0. The minimum absolute atomic E-state index is 0.0312. The first-order valence-corrected chi connectivity index (χ1v) is 11.7. The molecule has 0 spiro atoms. The molecular weight excluding hydrogens is 424 g/mol. The number of aryl methyl sites for hydroxylation is 2. The Hall–Kier alpha value is -2.64. The molecule has 0 bridgehead atoms. The van der Waals surface area contributed by atoms with E-state index in [1.807, 2.05) is 46.8 Å². The number of benzene rings is 1. The largest absolute Gasteiger partial charge is 0.355 e. The molecule has 168 valence electrons. The van der Waals surface area contributed by atoms with Crippen molar-refractivity contribution >= 4 is 29.0 Å². The molecule has 1 aromatic carbocycles. The first-order valence-electron chi connectivity index (χ1n) is 11.4. The molecule has 2 N–H and O–H groups in total. The van der Waals surface area contributed by atoms with Crippen molar-refractivity contribution in [3.63, 3.8) is 0 Å². The van der Waals surface area contributed by atoms with Crippen LogP contribution in [0.25, 0.3) is 5.65 Å². The third-order valence-electron chi connectivity index (χ3n) is 6.68. The summed E-state index contributed by atoms with van der Waals surface area (Å²) in [6.45, 7) is 6.43. The third-order valence-corrected chi connectivity index (χ3v) is 7.18.